The van der Waals surface area contributed by atoms with E-state index in [0.717, 1.165) is 25.9 Å². The number of nitrogens with zero attached hydrogens (tertiary/aromatic N) is 3. The Morgan fingerprint density at radius 3 is 2.75 bits per heavy atom. The zero-order valence-corrected chi connectivity index (χ0v) is 15.9. The maximum absolute atomic E-state index is 12.3. The number of aryl methyl sites for hydroxylation is 2. The molecule has 4 rings (SSSR count). The average molecular weight is 392 g/mol. The highest BCUT2D eigenvalue weighted by atomic mass is 32.1. The fraction of sp³-hybridized carbons (Fsp3) is 0.100. The number of rotatable bonds is 3. The van der Waals surface area contributed by atoms with Gasteiger partial charge in [-0.2, -0.15) is 0 Å². The predicted molar refractivity (Wildman–Crippen MR) is 111 cm³/mol. The molecule has 2 heterocycles. The predicted octanol–water partition coefficient (Wildman–Crippen LogP) is 3.21. The van der Waals surface area contributed by atoms with Gasteiger partial charge in [-0.15, -0.1) is 0 Å². The summed E-state index contributed by atoms with van der Waals surface area (Å²) in [7, 11) is 0. The molecule has 0 aliphatic heterocycles. The number of fused-ring (bicyclic) bond motifs is 1. The van der Waals surface area contributed by atoms with E-state index in [4.69, 9.17) is 0 Å². The molecule has 0 aliphatic carbocycles. The Balaban J connectivity index is 1.82. The van der Waals surface area contributed by atoms with E-state index in [1.54, 1.807) is 12.1 Å². The van der Waals surface area contributed by atoms with Gasteiger partial charge in [0.05, 0.1) is 15.9 Å². The number of aromatic hydroxyl groups is 1. The molecule has 2 aromatic heterocycles. The number of thiazole rings is 1. The minimum absolute atomic E-state index is 0.113. The average Bonchev–Trinajstić information content (AvgIpc) is 3.04. The van der Waals surface area contributed by atoms with Gasteiger partial charge in [0.1, 0.15) is 5.56 Å². The number of aliphatic imine (C=N–C) groups is 1. The Kier molecular flexibility index (Phi) is 4.40. The van der Waals surface area contributed by atoms with Crippen LogP contribution in [0.15, 0.2) is 57.0 Å². The van der Waals surface area contributed by atoms with Gasteiger partial charge in [-0.25, -0.2) is 19.3 Å². The van der Waals surface area contributed by atoms with E-state index in [1.807, 2.05) is 44.2 Å². The van der Waals surface area contributed by atoms with Gasteiger partial charge >= 0.3 is 5.69 Å². The zero-order chi connectivity index (χ0) is 19.8. The van der Waals surface area contributed by atoms with Gasteiger partial charge in [0.15, 0.2) is 0 Å². The Morgan fingerprint density at radius 1 is 1.18 bits per heavy atom. The summed E-state index contributed by atoms with van der Waals surface area (Å²) >= 11 is 1.38. The topological polar surface area (TPSA) is 100 Å². The van der Waals surface area contributed by atoms with Crippen molar-refractivity contribution in [3.63, 3.8) is 0 Å². The minimum atomic E-state index is -0.718. The largest absolute Gasteiger partial charge is 0.493 e. The molecular weight excluding hydrogens is 376 g/mol. The van der Waals surface area contributed by atoms with Crippen molar-refractivity contribution >= 4 is 32.9 Å². The summed E-state index contributed by atoms with van der Waals surface area (Å²) in [6.45, 7) is 3.80. The quantitative estimate of drug-likeness (QED) is 0.523. The fourth-order valence-electron chi connectivity index (χ4n) is 2.89. The smallest absolute Gasteiger partial charge is 0.335 e. The van der Waals surface area contributed by atoms with Crippen molar-refractivity contribution in [2.75, 3.05) is 0 Å². The van der Waals surface area contributed by atoms with Crippen molar-refractivity contribution in [2.24, 2.45) is 4.99 Å². The first-order valence-electron chi connectivity index (χ1n) is 8.49. The van der Waals surface area contributed by atoms with Crippen LogP contribution in [0.1, 0.15) is 16.7 Å². The fourth-order valence-corrected chi connectivity index (χ4v) is 3.80. The number of benzene rings is 2. The lowest BCUT2D eigenvalue weighted by molar-refractivity contribution is 0.430. The maximum Gasteiger partial charge on any atom is 0.335 e. The summed E-state index contributed by atoms with van der Waals surface area (Å²) in [5, 5.41) is 11.1. The lowest BCUT2D eigenvalue weighted by atomic mass is 10.2. The molecule has 0 bridgehead atoms. The molecule has 4 aromatic rings. The van der Waals surface area contributed by atoms with Gasteiger partial charge in [-0.05, 0) is 43.2 Å². The minimum Gasteiger partial charge on any atom is -0.493 e. The third kappa shape index (κ3) is 3.14. The van der Waals surface area contributed by atoms with E-state index in [1.165, 1.54) is 17.6 Å². The van der Waals surface area contributed by atoms with Gasteiger partial charge in [0, 0.05) is 6.21 Å². The van der Waals surface area contributed by atoms with Crippen LogP contribution in [0.25, 0.3) is 15.9 Å². The second-order valence-electron chi connectivity index (χ2n) is 6.34. The van der Waals surface area contributed by atoms with Gasteiger partial charge in [-0.1, -0.05) is 35.6 Å². The molecule has 28 heavy (non-hydrogen) atoms. The van der Waals surface area contributed by atoms with E-state index in [-0.39, 0.29) is 5.56 Å². The molecule has 2 N–H and O–H groups in total. The van der Waals surface area contributed by atoms with Gasteiger partial charge in [0.25, 0.3) is 5.56 Å². The molecule has 140 valence electrons. The standard InChI is InChI=1S/C20H16N4O3S/c1-11-7-8-14-16(9-11)28-19(22-14)21-10-13-17(25)23-20(27)24(18(13)26)15-6-4-3-5-12(15)2/h3-10,26H,1-2H3,(H,23,25,27). The summed E-state index contributed by atoms with van der Waals surface area (Å²) < 4.78 is 2.04. The molecule has 0 amide bonds. The number of aromatic amines is 1. The van der Waals surface area contributed by atoms with Crippen LogP contribution in [0.4, 0.5) is 5.13 Å². The highest BCUT2D eigenvalue weighted by Gasteiger charge is 2.15. The molecule has 0 saturated heterocycles. The van der Waals surface area contributed by atoms with Crippen LogP contribution < -0.4 is 11.2 Å². The van der Waals surface area contributed by atoms with Crippen molar-refractivity contribution in [1.82, 2.24) is 14.5 Å². The van der Waals surface area contributed by atoms with Crippen LogP contribution in [-0.4, -0.2) is 25.9 Å². The highest BCUT2D eigenvalue weighted by Crippen LogP contribution is 2.28. The van der Waals surface area contributed by atoms with Gasteiger partial charge in [-0.3, -0.25) is 9.78 Å². The van der Waals surface area contributed by atoms with Crippen LogP contribution in [0.3, 0.4) is 0 Å². The highest BCUT2D eigenvalue weighted by molar-refractivity contribution is 7.22. The molecule has 0 radical (unpaired) electrons. The van der Waals surface area contributed by atoms with E-state index in [0.29, 0.717) is 10.8 Å². The Hall–Kier alpha value is -3.52. The summed E-state index contributed by atoms with van der Waals surface area (Å²) in [6.07, 6.45) is 1.23. The van der Waals surface area contributed by atoms with E-state index >= 15 is 0 Å². The molecule has 8 heteroatoms. The summed E-state index contributed by atoms with van der Waals surface area (Å²) in [4.78, 5) is 35.4. The van der Waals surface area contributed by atoms with E-state index < -0.39 is 17.1 Å². The van der Waals surface area contributed by atoms with Crippen LogP contribution >= 0.6 is 11.3 Å². The van der Waals surface area contributed by atoms with Crippen molar-refractivity contribution < 1.29 is 5.11 Å². The first-order valence-corrected chi connectivity index (χ1v) is 9.31. The second-order valence-corrected chi connectivity index (χ2v) is 7.35. The third-order valence-electron chi connectivity index (χ3n) is 4.31. The van der Waals surface area contributed by atoms with E-state index in [2.05, 4.69) is 15.0 Å². The number of nitrogens with one attached hydrogen (secondary N) is 1. The molecule has 0 spiro atoms. The normalized spacial score (nSPS) is 11.5. The van der Waals surface area contributed by atoms with Crippen molar-refractivity contribution in [1.29, 1.82) is 0 Å². The monoisotopic (exact) mass is 392 g/mol. The van der Waals surface area contributed by atoms with Crippen molar-refractivity contribution in [2.45, 2.75) is 13.8 Å². The number of hydrogen-bond donors (Lipinski definition) is 2. The Morgan fingerprint density at radius 2 is 1.96 bits per heavy atom. The molecule has 0 fully saturated rings. The molecule has 0 aliphatic rings. The molecule has 0 unspecified atom stereocenters. The third-order valence-corrected chi connectivity index (χ3v) is 5.24. The molecule has 0 saturated carbocycles. The summed E-state index contributed by atoms with van der Waals surface area (Å²) in [5.74, 6) is -0.469. The maximum atomic E-state index is 12.3. The summed E-state index contributed by atoms with van der Waals surface area (Å²) in [5.41, 5.74) is 1.63. The SMILES string of the molecule is Cc1ccc2nc(N=Cc3c(O)n(-c4ccccc4C)c(=O)[nH]c3=O)sc2c1. The lowest BCUT2D eigenvalue weighted by Gasteiger charge is -2.11. The lowest BCUT2D eigenvalue weighted by Crippen LogP contribution is -2.31. The van der Waals surface area contributed by atoms with Crippen LogP contribution in [0.5, 0.6) is 5.88 Å². The summed E-state index contributed by atoms with van der Waals surface area (Å²) in [6, 6.07) is 12.9. The number of aromatic nitrogens is 3. The first kappa shape index (κ1) is 17.9. The Bertz CT molecular complexity index is 1350. The number of hydrogen-bond acceptors (Lipinski definition) is 6. The Labute approximate surface area is 163 Å². The van der Waals surface area contributed by atoms with Crippen molar-refractivity contribution in [3.05, 3.63) is 80.0 Å². The number of para-hydroxylation sites is 1. The van der Waals surface area contributed by atoms with Gasteiger partial charge < -0.3 is 5.11 Å². The number of H-pyrrole nitrogens is 1. The van der Waals surface area contributed by atoms with Crippen LogP contribution in [-0.2, 0) is 0 Å². The molecular formula is C20H16N4O3S. The zero-order valence-electron chi connectivity index (χ0n) is 15.1. The molecule has 2 aromatic carbocycles. The van der Waals surface area contributed by atoms with Gasteiger partial charge in [0.2, 0.25) is 11.0 Å². The van der Waals surface area contributed by atoms with Crippen molar-refractivity contribution in [3.8, 4) is 11.6 Å². The second kappa shape index (κ2) is 6.90. The molecule has 0 atom stereocenters. The van der Waals surface area contributed by atoms with Crippen LogP contribution in [0, 0.1) is 13.8 Å². The molecule has 7 nitrogen and oxygen atoms in total. The van der Waals surface area contributed by atoms with E-state index in [9.17, 15) is 14.7 Å². The first-order chi connectivity index (χ1) is 13.4. The van der Waals surface area contributed by atoms with Crippen LogP contribution in [0.2, 0.25) is 0 Å².